The number of hydrogen-bond donors (Lipinski definition) is 1. The molecule has 1 unspecified atom stereocenters. The van der Waals surface area contributed by atoms with E-state index >= 15 is 0 Å². The van der Waals surface area contributed by atoms with E-state index in [0.717, 1.165) is 53.8 Å². The van der Waals surface area contributed by atoms with E-state index in [0.29, 0.717) is 6.54 Å². The summed E-state index contributed by atoms with van der Waals surface area (Å²) in [7, 11) is 0. The van der Waals surface area contributed by atoms with E-state index in [-0.39, 0.29) is 6.04 Å². The number of aromatic nitrogens is 3. The van der Waals surface area contributed by atoms with Crippen LogP contribution in [-0.4, -0.2) is 21.3 Å². The first-order valence-corrected chi connectivity index (χ1v) is 8.93. The Morgan fingerprint density at radius 2 is 2.04 bits per heavy atom. The molecule has 2 heterocycles. The zero-order valence-electron chi connectivity index (χ0n) is 14.5. The summed E-state index contributed by atoms with van der Waals surface area (Å²) in [5.74, 6) is 0. The number of hydrogen-bond acceptors (Lipinski definition) is 5. The highest BCUT2D eigenvalue weighted by atomic mass is 16.3. The molecule has 3 aromatic rings. The number of aryl methyl sites for hydroxylation is 2. The summed E-state index contributed by atoms with van der Waals surface area (Å²) in [6, 6.07) is 10.0. The van der Waals surface area contributed by atoms with Gasteiger partial charge in [0.2, 0.25) is 0 Å². The Morgan fingerprint density at radius 1 is 1.19 bits per heavy atom. The number of nitrogens with zero attached hydrogens (tertiary/aromatic N) is 4. The first kappa shape index (κ1) is 16.6. The van der Waals surface area contributed by atoms with E-state index in [1.807, 2.05) is 22.9 Å². The average molecular weight is 347 g/mol. The van der Waals surface area contributed by atoms with E-state index < -0.39 is 0 Å². The predicted molar refractivity (Wildman–Crippen MR) is 101 cm³/mol. The molecule has 1 atom stereocenters. The van der Waals surface area contributed by atoms with Gasteiger partial charge in [0.25, 0.3) is 0 Å². The molecule has 0 fully saturated rings. The molecule has 0 aliphatic heterocycles. The third-order valence-electron chi connectivity index (χ3n) is 4.93. The van der Waals surface area contributed by atoms with Crippen LogP contribution in [-0.2, 0) is 13.0 Å². The Labute approximate surface area is 152 Å². The molecule has 2 N–H and O–H groups in total. The molecule has 1 aliphatic carbocycles. The summed E-state index contributed by atoms with van der Waals surface area (Å²) in [6.07, 6.45) is 8.22. The highest BCUT2D eigenvalue weighted by Gasteiger charge is 2.24. The van der Waals surface area contributed by atoms with Gasteiger partial charge >= 0.3 is 0 Å². The van der Waals surface area contributed by atoms with E-state index in [9.17, 15) is 4.91 Å². The summed E-state index contributed by atoms with van der Waals surface area (Å²) in [5.41, 5.74) is 12.1. The monoisotopic (exact) mass is 347 g/mol. The van der Waals surface area contributed by atoms with Gasteiger partial charge in [-0.2, -0.15) is 10.0 Å². The summed E-state index contributed by atoms with van der Waals surface area (Å²) in [6.45, 7) is 1.43. The van der Waals surface area contributed by atoms with E-state index in [1.165, 1.54) is 5.56 Å². The molecule has 0 saturated carbocycles. The van der Waals surface area contributed by atoms with Crippen molar-refractivity contribution in [3.63, 3.8) is 0 Å². The van der Waals surface area contributed by atoms with Gasteiger partial charge in [-0.25, -0.2) is 0 Å². The molecule has 26 heavy (non-hydrogen) atoms. The SMILES string of the molecule is NCCCn1cc(-c2ccc3c(c2)CCC3N=O)c(-c2ccncc2)n1. The van der Waals surface area contributed by atoms with Gasteiger partial charge < -0.3 is 5.73 Å². The Kier molecular flexibility index (Phi) is 4.58. The second-order valence-electron chi connectivity index (χ2n) is 6.61. The lowest BCUT2D eigenvalue weighted by Gasteiger charge is -2.07. The number of nitrogens with two attached hydrogens (primary N) is 1. The van der Waals surface area contributed by atoms with Gasteiger partial charge in [-0.1, -0.05) is 23.4 Å². The van der Waals surface area contributed by atoms with Crippen molar-refractivity contribution in [2.45, 2.75) is 31.8 Å². The molecule has 0 saturated heterocycles. The van der Waals surface area contributed by atoms with Crippen LogP contribution in [0.3, 0.4) is 0 Å². The fourth-order valence-corrected chi connectivity index (χ4v) is 3.60. The smallest absolute Gasteiger partial charge is 0.117 e. The minimum Gasteiger partial charge on any atom is -0.330 e. The van der Waals surface area contributed by atoms with Crippen LogP contribution in [0.4, 0.5) is 0 Å². The highest BCUT2D eigenvalue weighted by Crippen LogP contribution is 2.38. The molecule has 0 amide bonds. The molecular weight excluding hydrogens is 326 g/mol. The molecule has 4 rings (SSSR count). The molecule has 0 bridgehead atoms. The third kappa shape index (κ3) is 3.04. The molecule has 2 aromatic heterocycles. The van der Waals surface area contributed by atoms with Crippen LogP contribution in [0.25, 0.3) is 22.4 Å². The van der Waals surface area contributed by atoms with Crippen molar-refractivity contribution in [2.75, 3.05) is 6.54 Å². The van der Waals surface area contributed by atoms with Gasteiger partial charge in [0.05, 0.1) is 0 Å². The lowest BCUT2D eigenvalue weighted by Crippen LogP contribution is -2.06. The summed E-state index contributed by atoms with van der Waals surface area (Å²) in [4.78, 5) is 15.1. The van der Waals surface area contributed by atoms with Crippen LogP contribution >= 0.6 is 0 Å². The van der Waals surface area contributed by atoms with Crippen molar-refractivity contribution in [1.29, 1.82) is 0 Å². The van der Waals surface area contributed by atoms with Crippen molar-refractivity contribution in [3.05, 3.63) is 65.0 Å². The molecule has 0 radical (unpaired) electrons. The molecule has 6 nitrogen and oxygen atoms in total. The van der Waals surface area contributed by atoms with Crippen LogP contribution < -0.4 is 5.73 Å². The van der Waals surface area contributed by atoms with Gasteiger partial charge in [0.1, 0.15) is 11.7 Å². The van der Waals surface area contributed by atoms with Crippen molar-refractivity contribution in [2.24, 2.45) is 10.9 Å². The van der Waals surface area contributed by atoms with Crippen LogP contribution in [0.15, 0.2) is 54.1 Å². The quantitative estimate of drug-likeness (QED) is 0.689. The average Bonchev–Trinajstić information content (AvgIpc) is 3.30. The fourth-order valence-electron chi connectivity index (χ4n) is 3.60. The predicted octanol–water partition coefficient (Wildman–Crippen LogP) is 3.71. The number of benzene rings is 1. The zero-order valence-corrected chi connectivity index (χ0v) is 14.5. The topological polar surface area (TPSA) is 86.2 Å². The van der Waals surface area contributed by atoms with Crippen LogP contribution in [0.1, 0.15) is 30.0 Å². The van der Waals surface area contributed by atoms with Gasteiger partial charge in [0.15, 0.2) is 0 Å². The van der Waals surface area contributed by atoms with E-state index in [4.69, 9.17) is 10.8 Å². The normalized spacial score (nSPS) is 15.8. The van der Waals surface area contributed by atoms with Crippen molar-refractivity contribution >= 4 is 0 Å². The zero-order chi connectivity index (χ0) is 17.9. The van der Waals surface area contributed by atoms with Gasteiger partial charge in [-0.3, -0.25) is 9.67 Å². The Balaban J connectivity index is 1.78. The Bertz CT molecular complexity index is 919. The largest absolute Gasteiger partial charge is 0.330 e. The standard InChI is InChI=1S/C20H21N5O/c21-8-1-11-25-13-18(20(23-25)14-6-9-22-10-7-14)16-2-4-17-15(12-16)3-5-19(17)24-26/h2,4,6-7,9-10,12-13,19H,1,3,5,8,11,21H2. The van der Waals surface area contributed by atoms with Crippen LogP contribution in [0.2, 0.25) is 0 Å². The second kappa shape index (κ2) is 7.17. The Hall–Kier alpha value is -2.86. The first-order chi connectivity index (χ1) is 12.8. The minimum absolute atomic E-state index is 0.203. The number of nitroso groups, excluding NO2 is 1. The van der Waals surface area contributed by atoms with Crippen molar-refractivity contribution in [1.82, 2.24) is 14.8 Å². The Morgan fingerprint density at radius 3 is 2.81 bits per heavy atom. The summed E-state index contributed by atoms with van der Waals surface area (Å²) < 4.78 is 1.96. The van der Waals surface area contributed by atoms with E-state index in [1.54, 1.807) is 12.4 Å². The maximum atomic E-state index is 11.0. The van der Waals surface area contributed by atoms with Crippen molar-refractivity contribution in [3.8, 4) is 22.4 Å². The van der Waals surface area contributed by atoms with Gasteiger partial charge in [0, 0.05) is 36.3 Å². The lowest BCUT2D eigenvalue weighted by molar-refractivity contribution is 0.586. The molecular formula is C20H21N5O. The lowest BCUT2D eigenvalue weighted by atomic mass is 9.98. The molecule has 6 heteroatoms. The number of pyridine rings is 1. The molecule has 0 spiro atoms. The minimum atomic E-state index is -0.203. The maximum absolute atomic E-state index is 11.0. The number of rotatable bonds is 6. The highest BCUT2D eigenvalue weighted by molar-refractivity contribution is 5.80. The fraction of sp³-hybridized carbons (Fsp3) is 0.300. The van der Waals surface area contributed by atoms with Crippen LogP contribution in [0, 0.1) is 4.91 Å². The molecule has 1 aliphatic rings. The molecule has 1 aromatic carbocycles. The summed E-state index contributed by atoms with van der Waals surface area (Å²) >= 11 is 0. The third-order valence-corrected chi connectivity index (χ3v) is 4.93. The number of fused-ring (bicyclic) bond motifs is 1. The van der Waals surface area contributed by atoms with Crippen LogP contribution in [0.5, 0.6) is 0 Å². The maximum Gasteiger partial charge on any atom is 0.117 e. The summed E-state index contributed by atoms with van der Waals surface area (Å²) in [5, 5.41) is 8.03. The van der Waals surface area contributed by atoms with Gasteiger partial charge in [-0.15, -0.1) is 0 Å². The van der Waals surface area contributed by atoms with E-state index in [2.05, 4.69) is 28.5 Å². The molecule has 132 valence electrons. The van der Waals surface area contributed by atoms with Crippen molar-refractivity contribution < 1.29 is 0 Å². The van der Waals surface area contributed by atoms with Gasteiger partial charge in [-0.05, 0) is 54.6 Å². The first-order valence-electron chi connectivity index (χ1n) is 8.93. The second-order valence-corrected chi connectivity index (χ2v) is 6.61.